The van der Waals surface area contributed by atoms with Crippen LogP contribution in [0.5, 0.6) is 0 Å². The van der Waals surface area contributed by atoms with Gasteiger partial charge in [-0.15, -0.1) is 0 Å². The van der Waals surface area contributed by atoms with Gasteiger partial charge >= 0.3 is 0 Å². The van der Waals surface area contributed by atoms with E-state index in [0.717, 1.165) is 43.4 Å². The van der Waals surface area contributed by atoms with Gasteiger partial charge in [-0.05, 0) is 0 Å². The lowest BCUT2D eigenvalue weighted by Gasteiger charge is -2.48. The number of oxime groups is 1. The van der Waals surface area contributed by atoms with Crippen LogP contribution in [0.4, 0.5) is 0 Å². The lowest BCUT2D eigenvalue weighted by molar-refractivity contribution is -0.931. The molecule has 2 bridgehead atoms. The molecular weight excluding hydrogens is 268 g/mol. The molecule has 116 valence electrons. The zero-order chi connectivity index (χ0) is 14.9. The molecule has 0 aromatic rings. The summed E-state index contributed by atoms with van der Waals surface area (Å²) >= 11 is 0. The normalized spacial score (nSPS) is 35.4. The first-order chi connectivity index (χ1) is 10.1. The van der Waals surface area contributed by atoms with Gasteiger partial charge in [-0.1, -0.05) is 5.16 Å². The molecule has 1 N–H and O–H groups in total. The van der Waals surface area contributed by atoms with E-state index in [-0.39, 0.29) is 6.17 Å². The average molecular weight is 293 g/mol. The quantitative estimate of drug-likeness (QED) is 0.351. The van der Waals surface area contributed by atoms with Crippen molar-refractivity contribution >= 4 is 12.0 Å². The van der Waals surface area contributed by atoms with Gasteiger partial charge in [0.05, 0.1) is 25.8 Å². The Hall–Kier alpha value is -1.56. The smallest absolute Gasteiger partial charge is 0.190 e. The molecular formula is C15H25N4O2+. The van der Waals surface area contributed by atoms with Crippen LogP contribution in [0.25, 0.3) is 0 Å². The summed E-state index contributed by atoms with van der Waals surface area (Å²) in [6.07, 6.45) is 8.82. The first-order valence-corrected chi connectivity index (χ1v) is 7.85. The number of Topliss-reactive ketones (excluding diaryl/α,β-unsaturated/α-hetero) is 1. The van der Waals surface area contributed by atoms with Gasteiger partial charge < -0.3 is 19.5 Å². The summed E-state index contributed by atoms with van der Waals surface area (Å²) in [5.74, 6) is 0.851. The Morgan fingerprint density at radius 3 is 2.86 bits per heavy atom. The van der Waals surface area contributed by atoms with Crippen molar-refractivity contribution in [3.63, 3.8) is 0 Å². The molecule has 21 heavy (non-hydrogen) atoms. The Labute approximate surface area is 125 Å². The van der Waals surface area contributed by atoms with Crippen molar-refractivity contribution < 1.29 is 14.5 Å². The molecule has 1 unspecified atom stereocenters. The topological polar surface area (TPSA) is 56.1 Å². The van der Waals surface area contributed by atoms with Crippen molar-refractivity contribution in [3.8, 4) is 0 Å². The zero-order valence-corrected chi connectivity index (χ0v) is 12.7. The predicted octanol–water partition coefficient (Wildman–Crippen LogP) is 0.691. The number of rotatable bonds is 5. The fourth-order valence-electron chi connectivity index (χ4n) is 4.00. The molecule has 4 aliphatic rings. The van der Waals surface area contributed by atoms with Crippen LogP contribution in [-0.2, 0) is 4.79 Å². The highest BCUT2D eigenvalue weighted by Gasteiger charge is 2.44. The van der Waals surface area contributed by atoms with Crippen molar-refractivity contribution in [1.29, 1.82) is 0 Å². The summed E-state index contributed by atoms with van der Waals surface area (Å²) in [4.78, 5) is 16.2. The standard InChI is InChI=1S/C15H24N4O2/c1-17-6-7-18(15(17)11-16-21)5-2-8-19-9-3-13(4-10-19)14(20)12-19/h6-7,11,13,15H,2-5,8-10,12H2,1H3/p+1. The number of nitrogens with zero attached hydrogens (tertiary/aromatic N) is 4. The van der Waals surface area contributed by atoms with Crippen molar-refractivity contribution in [2.75, 3.05) is 39.8 Å². The van der Waals surface area contributed by atoms with Crippen molar-refractivity contribution in [2.24, 2.45) is 11.1 Å². The Morgan fingerprint density at radius 1 is 1.43 bits per heavy atom. The fourth-order valence-corrected chi connectivity index (χ4v) is 4.00. The number of piperidine rings is 3. The molecule has 4 rings (SSSR count). The Kier molecular flexibility index (Phi) is 3.89. The fraction of sp³-hybridized carbons (Fsp3) is 0.733. The molecule has 6 nitrogen and oxygen atoms in total. The molecule has 4 aliphatic heterocycles. The third-order valence-electron chi connectivity index (χ3n) is 5.35. The number of carbonyl (C=O) groups is 1. The van der Waals surface area contributed by atoms with Crippen molar-refractivity contribution in [1.82, 2.24) is 9.80 Å². The Balaban J connectivity index is 1.52. The SMILES string of the molecule is CN1C=CN(CCC[N+]23CCC(CC2)C(=O)C3)C1C=NO. The molecule has 0 amide bonds. The molecule has 6 heteroatoms. The van der Waals surface area contributed by atoms with Gasteiger partial charge in [0.25, 0.3) is 0 Å². The number of quaternary nitrogens is 1. The molecule has 1 atom stereocenters. The average Bonchev–Trinajstić information content (AvgIpc) is 2.82. The van der Waals surface area contributed by atoms with Gasteiger partial charge in [0, 0.05) is 51.2 Å². The Morgan fingerprint density at radius 2 is 2.19 bits per heavy atom. The third-order valence-corrected chi connectivity index (χ3v) is 5.35. The highest BCUT2D eigenvalue weighted by atomic mass is 16.4. The minimum atomic E-state index is 0.00345. The summed E-state index contributed by atoms with van der Waals surface area (Å²) < 4.78 is 1.00. The first kappa shape index (κ1) is 14.4. The number of carbonyl (C=O) groups excluding carboxylic acids is 1. The molecule has 3 fully saturated rings. The monoisotopic (exact) mass is 293 g/mol. The van der Waals surface area contributed by atoms with Crippen molar-refractivity contribution in [3.05, 3.63) is 12.4 Å². The van der Waals surface area contributed by atoms with Gasteiger partial charge in [0.1, 0.15) is 12.7 Å². The zero-order valence-electron chi connectivity index (χ0n) is 12.7. The summed E-state index contributed by atoms with van der Waals surface area (Å²) in [7, 11) is 1.97. The molecule has 0 saturated carbocycles. The van der Waals surface area contributed by atoms with Crippen LogP contribution < -0.4 is 0 Å². The van der Waals surface area contributed by atoms with Gasteiger partial charge in [-0.2, -0.15) is 0 Å². The molecule has 3 saturated heterocycles. The highest BCUT2D eigenvalue weighted by molar-refractivity contribution is 5.83. The van der Waals surface area contributed by atoms with Gasteiger partial charge in [-0.3, -0.25) is 4.79 Å². The molecule has 0 aromatic carbocycles. The van der Waals surface area contributed by atoms with E-state index in [1.165, 1.54) is 13.1 Å². The number of ketones is 1. The molecule has 0 radical (unpaired) electrons. The molecule has 0 aromatic heterocycles. The predicted molar refractivity (Wildman–Crippen MR) is 79.8 cm³/mol. The summed E-state index contributed by atoms with van der Waals surface area (Å²) in [5.41, 5.74) is 0. The van der Waals surface area contributed by atoms with E-state index in [9.17, 15) is 4.79 Å². The third kappa shape index (κ3) is 2.77. The maximum absolute atomic E-state index is 12.0. The molecule has 4 heterocycles. The van der Waals surface area contributed by atoms with E-state index >= 15 is 0 Å². The first-order valence-electron chi connectivity index (χ1n) is 7.85. The van der Waals surface area contributed by atoms with E-state index in [0.29, 0.717) is 11.7 Å². The van der Waals surface area contributed by atoms with Crippen LogP contribution in [-0.4, -0.2) is 77.4 Å². The number of hydrogen-bond donors (Lipinski definition) is 1. The molecule has 0 aliphatic carbocycles. The largest absolute Gasteiger partial charge is 0.411 e. The van der Waals surface area contributed by atoms with Crippen LogP contribution >= 0.6 is 0 Å². The second-order valence-corrected chi connectivity index (χ2v) is 6.64. The number of hydrogen-bond acceptors (Lipinski definition) is 5. The van der Waals surface area contributed by atoms with Crippen LogP contribution in [0.3, 0.4) is 0 Å². The van der Waals surface area contributed by atoms with E-state index in [1.807, 2.05) is 24.3 Å². The number of fused-ring (bicyclic) bond motifs is 3. The lowest BCUT2D eigenvalue weighted by Crippen LogP contribution is -2.62. The van der Waals surface area contributed by atoms with Crippen LogP contribution in [0, 0.1) is 5.92 Å². The van der Waals surface area contributed by atoms with E-state index in [1.54, 1.807) is 6.21 Å². The van der Waals surface area contributed by atoms with Crippen molar-refractivity contribution in [2.45, 2.75) is 25.4 Å². The minimum Gasteiger partial charge on any atom is -0.411 e. The second-order valence-electron chi connectivity index (χ2n) is 6.64. The summed E-state index contributed by atoms with van der Waals surface area (Å²) in [6, 6.07) is 0. The van der Waals surface area contributed by atoms with E-state index < -0.39 is 0 Å². The van der Waals surface area contributed by atoms with Crippen LogP contribution in [0.15, 0.2) is 17.6 Å². The van der Waals surface area contributed by atoms with Crippen LogP contribution in [0.2, 0.25) is 0 Å². The summed E-state index contributed by atoms with van der Waals surface area (Å²) in [5, 5.41) is 11.9. The second kappa shape index (κ2) is 5.67. The van der Waals surface area contributed by atoms with Gasteiger partial charge in [-0.25, -0.2) is 0 Å². The van der Waals surface area contributed by atoms with Gasteiger partial charge in [0.15, 0.2) is 5.78 Å². The maximum atomic E-state index is 12.0. The van der Waals surface area contributed by atoms with Crippen LogP contribution in [0.1, 0.15) is 19.3 Å². The maximum Gasteiger partial charge on any atom is 0.190 e. The highest BCUT2D eigenvalue weighted by Crippen LogP contribution is 2.31. The lowest BCUT2D eigenvalue weighted by atomic mass is 9.84. The minimum absolute atomic E-state index is 0.00345. The van der Waals surface area contributed by atoms with Gasteiger partial charge in [0.2, 0.25) is 0 Å². The van der Waals surface area contributed by atoms with E-state index in [4.69, 9.17) is 5.21 Å². The Bertz CT molecular complexity index is 455. The summed E-state index contributed by atoms with van der Waals surface area (Å²) in [6.45, 7) is 5.11. The van der Waals surface area contributed by atoms with E-state index in [2.05, 4.69) is 10.1 Å². The molecule has 0 spiro atoms.